The Labute approximate surface area is 209 Å². The van der Waals surface area contributed by atoms with E-state index in [9.17, 15) is 8.42 Å². The van der Waals surface area contributed by atoms with Crippen LogP contribution in [-0.2, 0) is 14.6 Å². The van der Waals surface area contributed by atoms with Crippen LogP contribution in [0.25, 0.3) is 0 Å². The van der Waals surface area contributed by atoms with Crippen LogP contribution in [0.15, 0.2) is 53.6 Å². The summed E-state index contributed by atoms with van der Waals surface area (Å²) in [6, 6.07) is 13.0. The molecule has 184 valence electrons. The quantitative estimate of drug-likeness (QED) is 0.613. The van der Waals surface area contributed by atoms with E-state index in [4.69, 9.17) is 26.8 Å². The van der Waals surface area contributed by atoms with Gasteiger partial charge >= 0.3 is 0 Å². The summed E-state index contributed by atoms with van der Waals surface area (Å²) in [7, 11) is -3.59. The third-order valence-electron chi connectivity index (χ3n) is 6.58. The van der Waals surface area contributed by atoms with E-state index < -0.39 is 15.1 Å². The topological polar surface area (TPSA) is 118 Å². The molecule has 1 aromatic carbocycles. The van der Waals surface area contributed by atoms with E-state index in [1.165, 1.54) is 0 Å². The van der Waals surface area contributed by atoms with Crippen molar-refractivity contribution < 1.29 is 18.3 Å². The predicted octanol–water partition coefficient (Wildman–Crippen LogP) is 2.77. The van der Waals surface area contributed by atoms with E-state index in [0.717, 1.165) is 31.7 Å². The summed E-state index contributed by atoms with van der Waals surface area (Å²) in [5, 5.41) is 15.7. The Morgan fingerprint density at radius 3 is 2.69 bits per heavy atom. The van der Waals surface area contributed by atoms with Crippen LogP contribution in [0.3, 0.4) is 0 Å². The summed E-state index contributed by atoms with van der Waals surface area (Å²) in [5.74, 6) is 0.628. The summed E-state index contributed by atoms with van der Waals surface area (Å²) < 4.78 is 26.8. The normalized spacial score (nSPS) is 21.2. The highest BCUT2D eigenvalue weighted by Crippen LogP contribution is 2.34. The minimum atomic E-state index is -3.59. The van der Waals surface area contributed by atoms with Gasteiger partial charge in [-0.15, -0.1) is 0 Å². The zero-order chi connectivity index (χ0) is 25.0. The number of hydrogen-bond acceptors (Lipinski definition) is 8. The van der Waals surface area contributed by atoms with Crippen molar-refractivity contribution in [3.8, 4) is 6.07 Å². The molecular weight excluding hydrogens is 490 g/mol. The molecule has 3 aliphatic rings. The van der Waals surface area contributed by atoms with Crippen molar-refractivity contribution in [2.45, 2.75) is 29.0 Å². The first-order chi connectivity index (χ1) is 16.9. The molecule has 11 heteroatoms. The molecule has 0 spiro atoms. The molecule has 0 radical (unpaired) electrons. The fourth-order valence-corrected chi connectivity index (χ4v) is 7.05. The zero-order valence-electron chi connectivity index (χ0n) is 19.0. The number of piperazine rings is 1. The number of hydrogen-bond donors (Lipinski definition) is 1. The number of sulfone groups is 1. The molecular formula is C24H26ClN5O4S. The summed E-state index contributed by atoms with van der Waals surface area (Å²) in [6.45, 7) is 3.40. The average Bonchev–Trinajstić information content (AvgIpc) is 3.54. The Bertz CT molecular complexity index is 1260. The zero-order valence-corrected chi connectivity index (χ0v) is 20.6. The van der Waals surface area contributed by atoms with E-state index in [1.54, 1.807) is 30.3 Å². The molecule has 2 saturated heterocycles. The second-order valence-corrected chi connectivity index (χ2v) is 11.2. The second kappa shape index (κ2) is 10.5. The number of carboxylic acid groups (broad SMARTS) is 1. The monoisotopic (exact) mass is 515 g/mol. The fourth-order valence-electron chi connectivity index (χ4n) is 4.81. The van der Waals surface area contributed by atoms with Gasteiger partial charge in [0.05, 0.1) is 15.2 Å². The maximum absolute atomic E-state index is 13.4. The van der Waals surface area contributed by atoms with Gasteiger partial charge in [-0.2, -0.15) is 5.26 Å². The molecule has 0 unspecified atom stereocenters. The van der Waals surface area contributed by atoms with Crippen LogP contribution in [0.4, 0.5) is 11.5 Å². The highest BCUT2D eigenvalue weighted by molar-refractivity contribution is 7.92. The molecule has 1 aromatic heterocycles. The number of halogens is 1. The Balaban J connectivity index is 0.000000917. The van der Waals surface area contributed by atoms with Gasteiger partial charge in [-0.05, 0) is 49.4 Å². The smallest absolute Gasteiger partial charge is 0.290 e. The van der Waals surface area contributed by atoms with Crippen LogP contribution in [-0.4, -0.2) is 73.9 Å². The number of pyridine rings is 1. The van der Waals surface area contributed by atoms with Crippen molar-refractivity contribution >= 4 is 39.4 Å². The highest BCUT2D eigenvalue weighted by Gasteiger charge is 2.36. The molecule has 0 amide bonds. The molecule has 35 heavy (non-hydrogen) atoms. The van der Waals surface area contributed by atoms with Crippen molar-refractivity contribution in [3.05, 3.63) is 59.4 Å². The van der Waals surface area contributed by atoms with E-state index in [0.29, 0.717) is 37.1 Å². The number of anilines is 2. The number of nitriles is 1. The van der Waals surface area contributed by atoms with Crippen LogP contribution in [0.5, 0.6) is 0 Å². The molecule has 0 saturated carbocycles. The Morgan fingerprint density at radius 2 is 1.94 bits per heavy atom. The van der Waals surface area contributed by atoms with Gasteiger partial charge < -0.3 is 19.8 Å². The van der Waals surface area contributed by atoms with Gasteiger partial charge in [0.15, 0.2) is 9.84 Å². The first kappa shape index (κ1) is 24.8. The van der Waals surface area contributed by atoms with Crippen molar-refractivity contribution in [2.24, 2.45) is 0 Å². The first-order valence-corrected chi connectivity index (χ1v) is 13.2. The number of nitrogens with zero attached hydrogens (tertiary/aromatic N) is 5. The van der Waals surface area contributed by atoms with E-state index in [1.807, 2.05) is 17.0 Å². The molecule has 0 bridgehead atoms. The number of benzene rings is 1. The lowest BCUT2D eigenvalue weighted by Crippen LogP contribution is -2.49. The Hall–Kier alpha value is -3.29. The molecule has 2 aromatic rings. The lowest BCUT2D eigenvalue weighted by molar-refractivity contribution is -0.122. The lowest BCUT2D eigenvalue weighted by Gasteiger charge is -2.39. The van der Waals surface area contributed by atoms with E-state index in [-0.39, 0.29) is 16.4 Å². The van der Waals surface area contributed by atoms with Crippen LogP contribution >= 0.6 is 11.6 Å². The Kier molecular flexibility index (Phi) is 7.48. The average molecular weight is 516 g/mol. The van der Waals surface area contributed by atoms with E-state index in [2.05, 4.69) is 27.1 Å². The molecule has 1 N–H and O–H groups in total. The van der Waals surface area contributed by atoms with Crippen LogP contribution in [0.2, 0.25) is 5.02 Å². The Morgan fingerprint density at radius 1 is 1.14 bits per heavy atom. The first-order valence-electron chi connectivity index (χ1n) is 11.3. The molecule has 3 aliphatic heterocycles. The summed E-state index contributed by atoms with van der Waals surface area (Å²) in [6.07, 6.45) is 5.91. The van der Waals surface area contributed by atoms with Crippen molar-refractivity contribution in [2.75, 3.05) is 42.5 Å². The highest BCUT2D eigenvalue weighted by atomic mass is 35.5. The standard InChI is InChI=1S/C23H24ClN5O2S.CH2O2/c24-21-13-18(28-12-11-27-9-2-4-19(27)15-28)6-7-22(21)32(30,31)20-8-10-29(16-20)23-5-1-3-17(14-25)26-23;2-1-3/h1-3,5-7,9,13,19-20H,4,8,10-12,15-16H2;1H,(H,2,3)/t19-,20-;/m0./s1. The third kappa shape index (κ3) is 5.21. The number of carbonyl (C=O) groups is 1. The largest absolute Gasteiger partial charge is 0.483 e. The SMILES string of the molecule is N#Cc1cccc(N2CC[C@H](S(=O)(=O)c3ccc(N4CCN5C=CC[C@H]5C4)cc3Cl)C2)n1.O=CO. The maximum Gasteiger partial charge on any atom is 0.290 e. The maximum atomic E-state index is 13.4. The van der Waals surface area contributed by atoms with Crippen LogP contribution < -0.4 is 9.80 Å². The molecule has 2 fully saturated rings. The molecule has 5 rings (SSSR count). The van der Waals surface area contributed by atoms with Gasteiger partial charge in [-0.1, -0.05) is 23.7 Å². The van der Waals surface area contributed by atoms with Crippen molar-refractivity contribution in [1.29, 1.82) is 5.26 Å². The van der Waals surface area contributed by atoms with Gasteiger partial charge in [0, 0.05) is 44.5 Å². The number of rotatable bonds is 4. The second-order valence-electron chi connectivity index (χ2n) is 8.57. The van der Waals surface area contributed by atoms with Gasteiger partial charge in [0.1, 0.15) is 17.6 Å². The predicted molar refractivity (Wildman–Crippen MR) is 133 cm³/mol. The van der Waals surface area contributed by atoms with Crippen LogP contribution in [0.1, 0.15) is 18.5 Å². The molecule has 2 atom stereocenters. The minimum absolute atomic E-state index is 0.190. The number of aromatic nitrogens is 1. The summed E-state index contributed by atoms with van der Waals surface area (Å²) in [4.78, 5) is 19.4. The van der Waals surface area contributed by atoms with Crippen molar-refractivity contribution in [3.63, 3.8) is 0 Å². The van der Waals surface area contributed by atoms with Gasteiger partial charge in [-0.3, -0.25) is 4.79 Å². The summed E-state index contributed by atoms with van der Waals surface area (Å²) >= 11 is 6.53. The number of fused-ring (bicyclic) bond motifs is 1. The lowest BCUT2D eigenvalue weighted by atomic mass is 10.1. The summed E-state index contributed by atoms with van der Waals surface area (Å²) in [5.41, 5.74) is 1.28. The fraction of sp³-hybridized carbons (Fsp3) is 0.375. The third-order valence-corrected chi connectivity index (χ3v) is 9.23. The van der Waals surface area contributed by atoms with Gasteiger partial charge in [0.2, 0.25) is 0 Å². The van der Waals surface area contributed by atoms with Gasteiger partial charge in [0.25, 0.3) is 6.47 Å². The van der Waals surface area contributed by atoms with E-state index >= 15 is 0 Å². The van der Waals surface area contributed by atoms with Crippen molar-refractivity contribution in [1.82, 2.24) is 9.88 Å². The minimum Gasteiger partial charge on any atom is -0.483 e. The molecule has 9 nitrogen and oxygen atoms in total. The van der Waals surface area contributed by atoms with Gasteiger partial charge in [-0.25, -0.2) is 13.4 Å². The molecule has 4 heterocycles. The van der Waals surface area contributed by atoms with Crippen LogP contribution in [0, 0.1) is 11.3 Å². The molecule has 0 aliphatic carbocycles.